The van der Waals surface area contributed by atoms with Crippen LogP contribution in [-0.2, 0) is 4.79 Å². The minimum atomic E-state index is -1.09. The third-order valence-electron chi connectivity index (χ3n) is 3.19. The Bertz CT molecular complexity index is 469. The molecule has 1 aliphatic carbocycles. The molecule has 1 amide bonds. The molecular formula is C12H15N3O3. The lowest BCUT2D eigenvalue weighted by Gasteiger charge is -2.27. The summed E-state index contributed by atoms with van der Waals surface area (Å²) in [6.07, 6.45) is 5.19. The Morgan fingerprint density at radius 2 is 2.06 bits per heavy atom. The molecule has 0 radical (unpaired) electrons. The number of amides is 1. The minimum Gasteiger partial charge on any atom is -0.478 e. The highest BCUT2D eigenvalue weighted by molar-refractivity contribution is 6.00. The van der Waals surface area contributed by atoms with Gasteiger partial charge in [0.2, 0.25) is 5.91 Å². The Morgan fingerprint density at radius 1 is 1.39 bits per heavy atom. The molecule has 2 rings (SSSR count). The van der Waals surface area contributed by atoms with Gasteiger partial charge in [-0.1, -0.05) is 12.8 Å². The van der Waals surface area contributed by atoms with Gasteiger partial charge in [0.05, 0.1) is 6.20 Å². The van der Waals surface area contributed by atoms with E-state index in [0.29, 0.717) is 0 Å². The van der Waals surface area contributed by atoms with E-state index in [0.717, 1.165) is 25.7 Å². The van der Waals surface area contributed by atoms with Gasteiger partial charge in [0.15, 0.2) is 5.82 Å². The van der Waals surface area contributed by atoms with E-state index in [-0.39, 0.29) is 23.3 Å². The van der Waals surface area contributed by atoms with Crippen molar-refractivity contribution in [1.82, 2.24) is 10.2 Å². The van der Waals surface area contributed by atoms with Crippen molar-refractivity contribution >= 4 is 17.7 Å². The van der Waals surface area contributed by atoms with Gasteiger partial charge < -0.3 is 5.11 Å². The lowest BCUT2D eigenvalue weighted by Crippen LogP contribution is -2.39. The normalized spacial score (nSPS) is 15.6. The number of nitrogens with zero attached hydrogens (tertiary/aromatic N) is 3. The lowest BCUT2D eigenvalue weighted by atomic mass is 10.1. The fraction of sp³-hybridized carbons (Fsp3) is 0.500. The van der Waals surface area contributed by atoms with Crippen LogP contribution in [0.15, 0.2) is 12.3 Å². The number of rotatable bonds is 3. The predicted molar refractivity (Wildman–Crippen MR) is 64.4 cm³/mol. The molecule has 96 valence electrons. The van der Waals surface area contributed by atoms with Gasteiger partial charge in [-0.3, -0.25) is 9.69 Å². The summed E-state index contributed by atoms with van der Waals surface area (Å²) in [7, 11) is 0. The quantitative estimate of drug-likeness (QED) is 0.877. The van der Waals surface area contributed by atoms with Crippen LogP contribution in [0.4, 0.5) is 5.82 Å². The summed E-state index contributed by atoms with van der Waals surface area (Å²) < 4.78 is 0. The van der Waals surface area contributed by atoms with Gasteiger partial charge >= 0.3 is 5.97 Å². The first kappa shape index (κ1) is 12.5. The van der Waals surface area contributed by atoms with Crippen molar-refractivity contribution in [3.05, 3.63) is 17.8 Å². The van der Waals surface area contributed by atoms with Gasteiger partial charge in [0.25, 0.3) is 0 Å². The average molecular weight is 249 g/mol. The number of hydrogen-bond donors (Lipinski definition) is 1. The van der Waals surface area contributed by atoms with Crippen molar-refractivity contribution in [2.24, 2.45) is 0 Å². The maximum Gasteiger partial charge on any atom is 0.339 e. The molecule has 0 unspecified atom stereocenters. The van der Waals surface area contributed by atoms with Crippen LogP contribution in [0.2, 0.25) is 0 Å². The second-order valence-electron chi connectivity index (χ2n) is 4.40. The van der Waals surface area contributed by atoms with Crippen LogP contribution in [0.5, 0.6) is 0 Å². The third-order valence-corrected chi connectivity index (χ3v) is 3.19. The summed E-state index contributed by atoms with van der Waals surface area (Å²) in [5, 5.41) is 16.7. The Balaban J connectivity index is 2.42. The molecule has 0 saturated heterocycles. The zero-order chi connectivity index (χ0) is 13.1. The van der Waals surface area contributed by atoms with E-state index in [9.17, 15) is 9.59 Å². The van der Waals surface area contributed by atoms with Gasteiger partial charge in [0, 0.05) is 13.0 Å². The highest BCUT2D eigenvalue weighted by Gasteiger charge is 2.30. The molecule has 1 fully saturated rings. The van der Waals surface area contributed by atoms with E-state index in [4.69, 9.17) is 5.11 Å². The highest BCUT2D eigenvalue weighted by Crippen LogP contribution is 2.28. The molecule has 1 aromatic heterocycles. The molecule has 1 aromatic rings. The van der Waals surface area contributed by atoms with E-state index in [2.05, 4.69) is 10.2 Å². The molecule has 6 heteroatoms. The number of aromatic carboxylic acids is 1. The van der Waals surface area contributed by atoms with Crippen molar-refractivity contribution in [2.75, 3.05) is 4.90 Å². The number of hydrogen-bond acceptors (Lipinski definition) is 4. The number of carboxylic acid groups (broad SMARTS) is 1. The largest absolute Gasteiger partial charge is 0.478 e. The van der Waals surface area contributed by atoms with E-state index >= 15 is 0 Å². The summed E-state index contributed by atoms with van der Waals surface area (Å²) in [5.74, 6) is -1.13. The molecule has 1 heterocycles. The summed E-state index contributed by atoms with van der Waals surface area (Å²) in [6.45, 7) is 1.43. The summed E-state index contributed by atoms with van der Waals surface area (Å²) in [4.78, 5) is 24.4. The zero-order valence-electron chi connectivity index (χ0n) is 10.2. The first-order valence-electron chi connectivity index (χ1n) is 5.96. The zero-order valence-corrected chi connectivity index (χ0v) is 10.2. The predicted octanol–water partition coefficient (Wildman–Crippen LogP) is 1.47. The number of aromatic nitrogens is 2. The van der Waals surface area contributed by atoms with Crippen LogP contribution >= 0.6 is 0 Å². The maximum absolute atomic E-state index is 11.8. The maximum atomic E-state index is 11.8. The number of carbonyl (C=O) groups is 2. The van der Waals surface area contributed by atoms with Crippen molar-refractivity contribution in [3.63, 3.8) is 0 Å². The summed E-state index contributed by atoms with van der Waals surface area (Å²) in [6, 6.07) is 1.41. The van der Waals surface area contributed by atoms with Crippen LogP contribution in [0.1, 0.15) is 43.0 Å². The van der Waals surface area contributed by atoms with Crippen LogP contribution in [0, 0.1) is 0 Å². The van der Waals surface area contributed by atoms with E-state index in [1.165, 1.54) is 24.1 Å². The van der Waals surface area contributed by atoms with Crippen LogP contribution in [0.3, 0.4) is 0 Å². The fourth-order valence-corrected chi connectivity index (χ4v) is 2.41. The second kappa shape index (κ2) is 5.12. The van der Waals surface area contributed by atoms with Gasteiger partial charge in [-0.2, -0.15) is 5.10 Å². The minimum absolute atomic E-state index is 0.0205. The Hall–Kier alpha value is -1.98. The molecule has 18 heavy (non-hydrogen) atoms. The number of carboxylic acids is 1. The lowest BCUT2D eigenvalue weighted by molar-refractivity contribution is -0.117. The third kappa shape index (κ3) is 2.32. The Kier molecular flexibility index (Phi) is 3.55. The monoisotopic (exact) mass is 249 g/mol. The van der Waals surface area contributed by atoms with Crippen LogP contribution < -0.4 is 4.90 Å². The van der Waals surface area contributed by atoms with Gasteiger partial charge in [-0.25, -0.2) is 4.79 Å². The molecule has 0 aliphatic heterocycles. The SMILES string of the molecule is CC(=O)N(c1nnccc1C(=O)O)C1CCCC1. The molecular weight excluding hydrogens is 234 g/mol. The van der Waals surface area contributed by atoms with Crippen LogP contribution in [-0.4, -0.2) is 33.2 Å². The van der Waals surface area contributed by atoms with E-state index in [1.807, 2.05) is 0 Å². The van der Waals surface area contributed by atoms with Gasteiger partial charge in [-0.15, -0.1) is 5.10 Å². The topological polar surface area (TPSA) is 83.4 Å². The molecule has 1 saturated carbocycles. The first-order valence-corrected chi connectivity index (χ1v) is 5.96. The molecule has 0 atom stereocenters. The number of carbonyl (C=O) groups excluding carboxylic acids is 1. The van der Waals surface area contributed by atoms with Gasteiger partial charge in [-0.05, 0) is 18.9 Å². The van der Waals surface area contributed by atoms with Crippen LogP contribution in [0.25, 0.3) is 0 Å². The summed E-state index contributed by atoms with van der Waals surface area (Å²) >= 11 is 0. The Labute approximate surface area is 105 Å². The average Bonchev–Trinajstić information content (AvgIpc) is 2.83. The Morgan fingerprint density at radius 3 is 2.61 bits per heavy atom. The molecule has 0 spiro atoms. The molecule has 0 bridgehead atoms. The van der Waals surface area contributed by atoms with Crippen molar-refractivity contribution in [2.45, 2.75) is 38.6 Å². The number of anilines is 1. The second-order valence-corrected chi connectivity index (χ2v) is 4.40. The van der Waals surface area contributed by atoms with E-state index < -0.39 is 5.97 Å². The molecule has 0 aromatic carbocycles. The molecule has 6 nitrogen and oxygen atoms in total. The molecule has 1 aliphatic rings. The van der Waals surface area contributed by atoms with Crippen molar-refractivity contribution in [1.29, 1.82) is 0 Å². The smallest absolute Gasteiger partial charge is 0.339 e. The fourth-order valence-electron chi connectivity index (χ4n) is 2.41. The van der Waals surface area contributed by atoms with Gasteiger partial charge in [0.1, 0.15) is 5.56 Å². The van der Waals surface area contributed by atoms with Crippen molar-refractivity contribution < 1.29 is 14.7 Å². The first-order chi connectivity index (χ1) is 8.61. The van der Waals surface area contributed by atoms with E-state index in [1.54, 1.807) is 0 Å². The highest BCUT2D eigenvalue weighted by atomic mass is 16.4. The van der Waals surface area contributed by atoms with Crippen molar-refractivity contribution in [3.8, 4) is 0 Å². The molecule has 1 N–H and O–H groups in total. The summed E-state index contributed by atoms with van der Waals surface area (Å²) in [5.41, 5.74) is 0.0205. The standard InChI is InChI=1S/C12H15N3O3/c1-8(16)15(9-4-2-3-5-9)11-10(12(17)18)6-7-13-14-11/h6-7,9H,2-5H2,1H3,(H,17,18).